The monoisotopic (exact) mass is 415 g/mol. The van der Waals surface area contributed by atoms with Crippen molar-refractivity contribution in [2.75, 3.05) is 11.9 Å². The number of aromatic amines is 1. The minimum absolute atomic E-state index is 0.220. The van der Waals surface area contributed by atoms with Gasteiger partial charge in [0, 0.05) is 43.3 Å². The number of benzene rings is 1. The lowest BCUT2D eigenvalue weighted by Gasteiger charge is -2.14. The lowest BCUT2D eigenvalue weighted by Crippen LogP contribution is -2.28. The Labute approximate surface area is 178 Å². The maximum absolute atomic E-state index is 12.3. The van der Waals surface area contributed by atoms with Crippen LogP contribution in [0.4, 0.5) is 10.6 Å². The van der Waals surface area contributed by atoms with Crippen LogP contribution in [0.5, 0.6) is 0 Å². The molecule has 31 heavy (non-hydrogen) atoms. The zero-order chi connectivity index (χ0) is 21.6. The largest absolute Gasteiger partial charge is 0.348 e. The fraction of sp³-hybridized carbons (Fsp3) is 0.136. The Morgan fingerprint density at radius 3 is 2.61 bits per heavy atom. The van der Waals surface area contributed by atoms with Crippen molar-refractivity contribution in [3.8, 4) is 11.1 Å². The van der Waals surface area contributed by atoms with Gasteiger partial charge in [-0.2, -0.15) is 5.10 Å². The first-order valence-electron chi connectivity index (χ1n) is 9.79. The van der Waals surface area contributed by atoms with Gasteiger partial charge in [-0.25, -0.2) is 9.78 Å². The van der Waals surface area contributed by atoms with Crippen LogP contribution in [0.1, 0.15) is 22.8 Å². The predicted molar refractivity (Wildman–Crippen MR) is 117 cm³/mol. The van der Waals surface area contributed by atoms with Crippen molar-refractivity contribution < 1.29 is 9.59 Å². The number of anilines is 1. The lowest BCUT2D eigenvalue weighted by molar-refractivity contribution is 0.0951. The molecule has 3 amide bonds. The van der Waals surface area contributed by atoms with Gasteiger partial charge in [0.25, 0.3) is 5.91 Å². The topological polar surface area (TPSA) is 125 Å². The molecule has 0 bridgehead atoms. The van der Waals surface area contributed by atoms with Crippen molar-refractivity contribution in [2.24, 2.45) is 0 Å². The molecule has 0 unspecified atom stereocenters. The van der Waals surface area contributed by atoms with E-state index in [0.29, 0.717) is 24.5 Å². The molecule has 0 atom stereocenters. The molecule has 156 valence electrons. The van der Waals surface area contributed by atoms with E-state index in [1.807, 2.05) is 37.3 Å². The van der Waals surface area contributed by atoms with E-state index in [9.17, 15) is 9.59 Å². The summed E-state index contributed by atoms with van der Waals surface area (Å²) >= 11 is 0. The van der Waals surface area contributed by atoms with Gasteiger partial charge in [-0.1, -0.05) is 12.1 Å². The fourth-order valence-electron chi connectivity index (χ4n) is 3.28. The van der Waals surface area contributed by atoms with Gasteiger partial charge in [0.05, 0.1) is 11.8 Å². The maximum atomic E-state index is 12.3. The average molecular weight is 415 g/mol. The van der Waals surface area contributed by atoms with Crippen LogP contribution < -0.4 is 16.0 Å². The van der Waals surface area contributed by atoms with Crippen molar-refractivity contribution >= 4 is 28.5 Å². The van der Waals surface area contributed by atoms with Crippen molar-refractivity contribution in [1.82, 2.24) is 30.8 Å². The Bertz CT molecular complexity index is 1210. The van der Waals surface area contributed by atoms with E-state index in [1.165, 1.54) is 6.20 Å². The number of amides is 3. The summed E-state index contributed by atoms with van der Waals surface area (Å²) in [6.07, 6.45) is 8.19. The highest BCUT2D eigenvalue weighted by molar-refractivity contribution is 6.01. The predicted octanol–water partition coefficient (Wildman–Crippen LogP) is 3.09. The first-order chi connectivity index (χ1) is 15.2. The van der Waals surface area contributed by atoms with E-state index in [2.05, 4.69) is 36.1 Å². The molecule has 0 aliphatic carbocycles. The molecular formula is C22H21N7O2. The third-order valence-electron chi connectivity index (χ3n) is 4.76. The molecule has 1 aromatic carbocycles. The molecule has 0 radical (unpaired) electrons. The Hall–Kier alpha value is -4.27. The van der Waals surface area contributed by atoms with Gasteiger partial charge in [0.2, 0.25) is 0 Å². The fourth-order valence-corrected chi connectivity index (χ4v) is 3.28. The molecule has 4 rings (SSSR count). The van der Waals surface area contributed by atoms with Crippen molar-refractivity contribution in [3.05, 3.63) is 72.4 Å². The van der Waals surface area contributed by atoms with Crippen LogP contribution in [-0.2, 0) is 6.54 Å². The van der Waals surface area contributed by atoms with E-state index in [4.69, 9.17) is 0 Å². The van der Waals surface area contributed by atoms with Crippen LogP contribution in [0.2, 0.25) is 0 Å². The van der Waals surface area contributed by atoms with E-state index < -0.39 is 0 Å². The molecule has 0 saturated heterocycles. The Morgan fingerprint density at radius 1 is 1.03 bits per heavy atom. The lowest BCUT2D eigenvalue weighted by atomic mass is 9.96. The molecule has 0 spiro atoms. The molecular weight excluding hydrogens is 394 g/mol. The normalized spacial score (nSPS) is 10.6. The number of aromatic nitrogens is 4. The molecule has 3 heterocycles. The number of hydrogen-bond donors (Lipinski definition) is 4. The molecule has 4 N–H and O–H groups in total. The smallest absolute Gasteiger partial charge is 0.320 e. The molecule has 3 aromatic heterocycles. The first-order valence-corrected chi connectivity index (χ1v) is 9.79. The van der Waals surface area contributed by atoms with Gasteiger partial charge in [0.1, 0.15) is 5.82 Å². The van der Waals surface area contributed by atoms with Gasteiger partial charge in [-0.05, 0) is 47.2 Å². The number of urea groups is 1. The van der Waals surface area contributed by atoms with Crippen LogP contribution in [0.3, 0.4) is 0 Å². The summed E-state index contributed by atoms with van der Waals surface area (Å²) in [5.41, 5.74) is 3.33. The standard InChI is InChI=1S/C22H21N7O2/c1-2-24-22(31)29-20-9-18-17(14-5-7-23-8-6-14)4-3-15(19(18)13-25-20)10-26-21(30)16-11-27-28-12-16/h3-9,11-13H,2,10H2,1H3,(H,26,30)(H,27,28)(H2,24,25,29,31). The van der Waals surface area contributed by atoms with Crippen molar-refractivity contribution in [2.45, 2.75) is 13.5 Å². The highest BCUT2D eigenvalue weighted by atomic mass is 16.2. The van der Waals surface area contributed by atoms with Gasteiger partial charge in [0.15, 0.2) is 0 Å². The highest BCUT2D eigenvalue weighted by Crippen LogP contribution is 2.31. The number of hydrogen-bond acceptors (Lipinski definition) is 5. The van der Waals surface area contributed by atoms with Gasteiger partial charge < -0.3 is 10.6 Å². The van der Waals surface area contributed by atoms with E-state index in [0.717, 1.165) is 27.5 Å². The van der Waals surface area contributed by atoms with Gasteiger partial charge >= 0.3 is 6.03 Å². The van der Waals surface area contributed by atoms with Crippen LogP contribution in [-0.4, -0.2) is 38.6 Å². The first kappa shape index (κ1) is 20.0. The molecule has 9 nitrogen and oxygen atoms in total. The van der Waals surface area contributed by atoms with Crippen LogP contribution in [0.25, 0.3) is 21.9 Å². The van der Waals surface area contributed by atoms with E-state index in [1.54, 1.807) is 24.8 Å². The molecule has 0 aliphatic heterocycles. The van der Waals surface area contributed by atoms with Crippen molar-refractivity contribution in [3.63, 3.8) is 0 Å². The van der Waals surface area contributed by atoms with Gasteiger partial charge in [-0.15, -0.1) is 0 Å². The molecule has 0 aliphatic rings. The number of H-pyrrole nitrogens is 1. The number of nitrogens with one attached hydrogen (secondary N) is 4. The van der Waals surface area contributed by atoms with Crippen molar-refractivity contribution in [1.29, 1.82) is 0 Å². The van der Waals surface area contributed by atoms with Gasteiger partial charge in [-0.3, -0.25) is 20.2 Å². The number of nitrogens with zero attached hydrogens (tertiary/aromatic N) is 3. The summed E-state index contributed by atoms with van der Waals surface area (Å²) in [4.78, 5) is 32.7. The SMILES string of the molecule is CCNC(=O)Nc1cc2c(-c3ccncc3)ccc(CNC(=O)c3cn[nH]c3)c2cn1. The molecule has 9 heteroatoms. The Morgan fingerprint density at radius 2 is 1.87 bits per heavy atom. The Balaban J connectivity index is 1.70. The quantitative estimate of drug-likeness (QED) is 0.385. The third-order valence-corrected chi connectivity index (χ3v) is 4.76. The average Bonchev–Trinajstić information content (AvgIpc) is 3.33. The van der Waals surface area contributed by atoms with Crippen LogP contribution in [0, 0.1) is 0 Å². The summed E-state index contributed by atoms with van der Waals surface area (Å²) in [6, 6.07) is 9.32. The summed E-state index contributed by atoms with van der Waals surface area (Å²) in [6.45, 7) is 2.68. The summed E-state index contributed by atoms with van der Waals surface area (Å²) < 4.78 is 0. The zero-order valence-corrected chi connectivity index (χ0v) is 16.8. The number of pyridine rings is 2. The second-order valence-electron chi connectivity index (χ2n) is 6.78. The number of fused-ring (bicyclic) bond motifs is 1. The molecule has 4 aromatic rings. The minimum Gasteiger partial charge on any atom is -0.348 e. The van der Waals surface area contributed by atoms with E-state index >= 15 is 0 Å². The van der Waals surface area contributed by atoms with E-state index in [-0.39, 0.29) is 11.9 Å². The Kier molecular flexibility index (Phi) is 5.84. The number of rotatable bonds is 6. The molecule has 0 saturated carbocycles. The zero-order valence-electron chi connectivity index (χ0n) is 16.8. The summed E-state index contributed by atoms with van der Waals surface area (Å²) in [7, 11) is 0. The van der Waals surface area contributed by atoms with Crippen LogP contribution in [0.15, 0.2) is 61.3 Å². The second-order valence-corrected chi connectivity index (χ2v) is 6.78. The third kappa shape index (κ3) is 4.50. The highest BCUT2D eigenvalue weighted by Gasteiger charge is 2.13. The molecule has 0 fully saturated rings. The summed E-state index contributed by atoms with van der Waals surface area (Å²) in [5, 5.41) is 16.6. The van der Waals surface area contributed by atoms with Crippen LogP contribution >= 0.6 is 0 Å². The summed E-state index contributed by atoms with van der Waals surface area (Å²) in [5.74, 6) is 0.218. The second kappa shape index (κ2) is 9.04. The number of carbonyl (C=O) groups is 2. The maximum Gasteiger partial charge on any atom is 0.320 e. The number of carbonyl (C=O) groups excluding carboxylic acids is 2. The minimum atomic E-state index is -0.316.